The van der Waals surface area contributed by atoms with Crippen molar-refractivity contribution < 1.29 is 4.79 Å². The number of aryl methyl sites for hydroxylation is 2. The van der Waals surface area contributed by atoms with Gasteiger partial charge >= 0.3 is 0 Å². The van der Waals surface area contributed by atoms with E-state index in [1.165, 1.54) is 10.4 Å². The number of carbonyl (C=O) groups excluding carboxylic acids is 1. The first kappa shape index (κ1) is 18.6. The zero-order valence-electron chi connectivity index (χ0n) is 16.1. The normalized spacial score (nSPS) is 20.6. The predicted octanol–water partition coefficient (Wildman–Crippen LogP) is 2.25. The molecule has 4 rings (SSSR count). The third-order valence-electron chi connectivity index (χ3n) is 6.04. The number of nitrogens with zero attached hydrogens (tertiary/aromatic N) is 2. The fourth-order valence-corrected chi connectivity index (χ4v) is 5.71. The minimum absolute atomic E-state index is 0.0405. The lowest BCUT2D eigenvalue weighted by Crippen LogP contribution is -2.44. The summed E-state index contributed by atoms with van der Waals surface area (Å²) in [6, 6.07) is 0.319. The molecule has 2 aromatic rings. The van der Waals surface area contributed by atoms with Gasteiger partial charge in [-0.15, -0.1) is 11.3 Å². The number of amides is 1. The van der Waals surface area contributed by atoms with E-state index in [0.29, 0.717) is 30.6 Å². The first-order chi connectivity index (χ1) is 13.0. The standard InChI is InChI=1S/C20H28N4O2S/c1-12-3-4-14-15(11-12)27-20-18(14)19(26)22-16(23-20)5-6-17(25)24(2)13-7-9-21-10-8-13/h12-13,21H,3-11H2,1-2H3,(H,22,23,26). The average Bonchev–Trinajstić information content (AvgIpc) is 3.03. The van der Waals surface area contributed by atoms with Crippen molar-refractivity contribution in [3.05, 3.63) is 26.6 Å². The van der Waals surface area contributed by atoms with Gasteiger partial charge in [0.25, 0.3) is 5.56 Å². The van der Waals surface area contributed by atoms with Crippen LogP contribution in [0.4, 0.5) is 0 Å². The Morgan fingerprint density at radius 1 is 1.30 bits per heavy atom. The van der Waals surface area contributed by atoms with Gasteiger partial charge in [-0.25, -0.2) is 4.98 Å². The third kappa shape index (κ3) is 3.80. The lowest BCUT2D eigenvalue weighted by Gasteiger charge is -2.31. The number of carbonyl (C=O) groups is 1. The number of hydrogen-bond donors (Lipinski definition) is 2. The highest BCUT2D eigenvalue weighted by Gasteiger charge is 2.24. The maximum atomic E-state index is 12.6. The van der Waals surface area contributed by atoms with Crippen molar-refractivity contribution in [1.82, 2.24) is 20.2 Å². The molecule has 7 heteroatoms. The molecule has 0 spiro atoms. The van der Waals surface area contributed by atoms with E-state index in [4.69, 9.17) is 4.98 Å². The number of piperidine rings is 1. The van der Waals surface area contributed by atoms with Gasteiger partial charge in [-0.05, 0) is 56.7 Å². The molecule has 1 amide bonds. The molecule has 1 aliphatic carbocycles. The molecule has 2 aromatic heterocycles. The number of hydrogen-bond acceptors (Lipinski definition) is 5. The van der Waals surface area contributed by atoms with E-state index in [1.54, 1.807) is 11.3 Å². The van der Waals surface area contributed by atoms with Crippen molar-refractivity contribution in [2.24, 2.45) is 5.92 Å². The monoisotopic (exact) mass is 388 g/mol. The van der Waals surface area contributed by atoms with Gasteiger partial charge in [0.1, 0.15) is 10.7 Å². The van der Waals surface area contributed by atoms with Gasteiger partial charge in [-0.1, -0.05) is 6.92 Å². The minimum Gasteiger partial charge on any atom is -0.343 e. The Labute approximate surface area is 163 Å². The zero-order chi connectivity index (χ0) is 19.0. The average molecular weight is 389 g/mol. The summed E-state index contributed by atoms with van der Waals surface area (Å²) in [6.07, 6.45) is 6.03. The molecular formula is C20H28N4O2S. The van der Waals surface area contributed by atoms with Crippen LogP contribution in [0.25, 0.3) is 10.2 Å². The topological polar surface area (TPSA) is 78.1 Å². The Bertz CT molecular complexity index is 897. The summed E-state index contributed by atoms with van der Waals surface area (Å²) in [5.74, 6) is 1.43. The van der Waals surface area contributed by atoms with Crippen LogP contribution < -0.4 is 10.9 Å². The van der Waals surface area contributed by atoms with Crippen LogP contribution >= 0.6 is 11.3 Å². The summed E-state index contributed by atoms with van der Waals surface area (Å²) < 4.78 is 0. The number of aromatic amines is 1. The molecule has 0 aromatic carbocycles. The molecule has 1 fully saturated rings. The number of thiophene rings is 1. The molecule has 146 valence electrons. The highest BCUT2D eigenvalue weighted by atomic mass is 32.1. The molecule has 1 atom stereocenters. The van der Waals surface area contributed by atoms with Crippen molar-refractivity contribution in [2.75, 3.05) is 20.1 Å². The van der Waals surface area contributed by atoms with Crippen LogP contribution in [0.3, 0.4) is 0 Å². The molecule has 0 saturated carbocycles. The smallest absolute Gasteiger partial charge is 0.259 e. The molecule has 3 heterocycles. The zero-order valence-corrected chi connectivity index (χ0v) is 17.0. The van der Waals surface area contributed by atoms with Crippen LogP contribution in [-0.4, -0.2) is 47.0 Å². The molecule has 0 radical (unpaired) electrons. The van der Waals surface area contributed by atoms with Crippen LogP contribution in [0.15, 0.2) is 4.79 Å². The first-order valence-corrected chi connectivity index (χ1v) is 10.8. The number of H-pyrrole nitrogens is 1. The number of fused-ring (bicyclic) bond motifs is 3. The van der Waals surface area contributed by atoms with E-state index in [9.17, 15) is 9.59 Å². The minimum atomic E-state index is -0.0405. The largest absolute Gasteiger partial charge is 0.343 e. The van der Waals surface area contributed by atoms with E-state index in [1.807, 2.05) is 11.9 Å². The third-order valence-corrected chi connectivity index (χ3v) is 7.19. The maximum Gasteiger partial charge on any atom is 0.259 e. The second-order valence-corrected chi connectivity index (χ2v) is 9.11. The Morgan fingerprint density at radius 2 is 2.07 bits per heavy atom. The highest BCUT2D eigenvalue weighted by Crippen LogP contribution is 2.35. The lowest BCUT2D eigenvalue weighted by molar-refractivity contribution is -0.132. The molecule has 6 nitrogen and oxygen atoms in total. The second-order valence-electron chi connectivity index (χ2n) is 8.03. The fourth-order valence-electron chi connectivity index (χ4n) is 4.31. The molecule has 1 unspecified atom stereocenters. The molecule has 2 aliphatic rings. The van der Waals surface area contributed by atoms with Crippen molar-refractivity contribution in [2.45, 2.75) is 57.9 Å². The van der Waals surface area contributed by atoms with Gasteiger partial charge < -0.3 is 15.2 Å². The highest BCUT2D eigenvalue weighted by molar-refractivity contribution is 7.18. The molecule has 0 bridgehead atoms. The number of aromatic nitrogens is 2. The van der Waals surface area contributed by atoms with E-state index in [2.05, 4.69) is 17.2 Å². The fraction of sp³-hybridized carbons (Fsp3) is 0.650. The van der Waals surface area contributed by atoms with Gasteiger partial charge in [0.05, 0.1) is 5.39 Å². The Kier molecular flexibility index (Phi) is 5.32. The lowest BCUT2D eigenvalue weighted by atomic mass is 9.89. The van der Waals surface area contributed by atoms with Crippen LogP contribution in [0.1, 0.15) is 48.9 Å². The SMILES string of the molecule is CC1CCc2c(sc3nc(CCC(=O)N(C)C4CCNCC4)[nH]c(=O)c23)C1. The summed E-state index contributed by atoms with van der Waals surface area (Å²) in [5, 5.41) is 4.11. The van der Waals surface area contributed by atoms with Crippen LogP contribution in [0.2, 0.25) is 0 Å². The summed E-state index contributed by atoms with van der Waals surface area (Å²) in [5.41, 5.74) is 1.16. The van der Waals surface area contributed by atoms with Crippen LogP contribution in [-0.2, 0) is 24.1 Å². The van der Waals surface area contributed by atoms with E-state index < -0.39 is 0 Å². The molecule has 1 saturated heterocycles. The van der Waals surface area contributed by atoms with Gasteiger partial charge in [0, 0.05) is 30.8 Å². The Balaban J connectivity index is 1.48. The molecule has 27 heavy (non-hydrogen) atoms. The van der Waals surface area contributed by atoms with Gasteiger partial charge in [-0.3, -0.25) is 9.59 Å². The quantitative estimate of drug-likeness (QED) is 0.842. The van der Waals surface area contributed by atoms with Crippen molar-refractivity contribution in [1.29, 1.82) is 0 Å². The van der Waals surface area contributed by atoms with Gasteiger partial charge in [0.15, 0.2) is 0 Å². The second kappa shape index (κ2) is 7.72. The molecule has 1 aliphatic heterocycles. The summed E-state index contributed by atoms with van der Waals surface area (Å²) in [7, 11) is 1.90. The summed E-state index contributed by atoms with van der Waals surface area (Å²) in [4.78, 5) is 36.9. The Morgan fingerprint density at radius 3 is 2.85 bits per heavy atom. The van der Waals surface area contributed by atoms with E-state index in [0.717, 1.165) is 55.4 Å². The van der Waals surface area contributed by atoms with E-state index in [-0.39, 0.29) is 11.5 Å². The van der Waals surface area contributed by atoms with Crippen molar-refractivity contribution in [3.8, 4) is 0 Å². The molecular weight excluding hydrogens is 360 g/mol. The summed E-state index contributed by atoms with van der Waals surface area (Å²) >= 11 is 1.66. The van der Waals surface area contributed by atoms with Crippen molar-refractivity contribution in [3.63, 3.8) is 0 Å². The van der Waals surface area contributed by atoms with Crippen LogP contribution in [0.5, 0.6) is 0 Å². The van der Waals surface area contributed by atoms with Crippen molar-refractivity contribution >= 4 is 27.5 Å². The molecule has 2 N–H and O–H groups in total. The van der Waals surface area contributed by atoms with Gasteiger partial charge in [-0.2, -0.15) is 0 Å². The van der Waals surface area contributed by atoms with Crippen LogP contribution in [0, 0.1) is 5.92 Å². The maximum absolute atomic E-state index is 12.6. The number of nitrogens with one attached hydrogen (secondary N) is 2. The van der Waals surface area contributed by atoms with E-state index >= 15 is 0 Å². The summed E-state index contributed by atoms with van der Waals surface area (Å²) in [6.45, 7) is 4.20. The number of rotatable bonds is 4. The first-order valence-electron chi connectivity index (χ1n) is 10.0. The Hall–Kier alpha value is -1.73. The predicted molar refractivity (Wildman–Crippen MR) is 108 cm³/mol. The van der Waals surface area contributed by atoms with Gasteiger partial charge in [0.2, 0.25) is 5.91 Å².